The average Bonchev–Trinajstić information content (AvgIpc) is 2.39. The van der Waals surface area contributed by atoms with Gasteiger partial charge in [-0.05, 0) is 24.8 Å². The number of hydrogen-bond acceptors (Lipinski definition) is 3. The van der Waals surface area contributed by atoms with Crippen molar-refractivity contribution in [2.75, 3.05) is 20.8 Å². The van der Waals surface area contributed by atoms with Crippen LogP contribution in [0.2, 0.25) is 0 Å². The highest BCUT2D eigenvalue weighted by Gasteiger charge is 2.37. The third-order valence-electron chi connectivity index (χ3n) is 2.35. The van der Waals surface area contributed by atoms with Crippen LogP contribution in [0.1, 0.15) is 13.3 Å². The molecule has 1 rings (SSSR count). The topological polar surface area (TPSA) is 27.7 Å². The number of ether oxygens (including phenoxy) is 3. The standard InChI is InChI=1S/C14H16O3/c1-4-5-6-9-12-17-14(16-3)11-8-7-10-13(14)15-2/h7-8,10H,11-12H2,1-3H3. The summed E-state index contributed by atoms with van der Waals surface area (Å²) in [7, 11) is 3.18. The van der Waals surface area contributed by atoms with Gasteiger partial charge in [0, 0.05) is 13.5 Å². The average molecular weight is 232 g/mol. The molecule has 17 heavy (non-hydrogen) atoms. The lowest BCUT2D eigenvalue weighted by molar-refractivity contribution is -0.207. The fraction of sp³-hybridized carbons (Fsp3) is 0.429. The van der Waals surface area contributed by atoms with Gasteiger partial charge >= 0.3 is 0 Å². The van der Waals surface area contributed by atoms with E-state index in [1.165, 1.54) is 0 Å². The molecule has 0 bridgehead atoms. The van der Waals surface area contributed by atoms with Crippen molar-refractivity contribution in [3.63, 3.8) is 0 Å². The highest BCUT2D eigenvalue weighted by Crippen LogP contribution is 2.30. The maximum absolute atomic E-state index is 5.66. The van der Waals surface area contributed by atoms with Crippen molar-refractivity contribution in [2.45, 2.75) is 19.1 Å². The van der Waals surface area contributed by atoms with E-state index in [1.54, 1.807) is 21.1 Å². The molecule has 0 radical (unpaired) electrons. The van der Waals surface area contributed by atoms with E-state index >= 15 is 0 Å². The molecule has 0 amide bonds. The second-order valence-corrected chi connectivity index (χ2v) is 3.29. The minimum atomic E-state index is -0.863. The highest BCUT2D eigenvalue weighted by atomic mass is 16.7. The van der Waals surface area contributed by atoms with Gasteiger partial charge in [-0.25, -0.2) is 0 Å². The fourth-order valence-corrected chi connectivity index (χ4v) is 1.50. The van der Waals surface area contributed by atoms with Gasteiger partial charge in [0.1, 0.15) is 6.61 Å². The second kappa shape index (κ2) is 6.81. The first-order valence-electron chi connectivity index (χ1n) is 5.29. The molecule has 0 saturated heterocycles. The molecule has 0 aromatic rings. The SMILES string of the molecule is CC#CC#CCOC1(OC)CC=CC=C1OC. The first kappa shape index (κ1) is 13.4. The Hall–Kier alpha value is -1.68. The molecule has 0 aromatic heterocycles. The van der Waals surface area contributed by atoms with Crippen LogP contribution in [0.4, 0.5) is 0 Å². The third kappa shape index (κ3) is 3.39. The lowest BCUT2D eigenvalue weighted by atomic mass is 10.1. The van der Waals surface area contributed by atoms with E-state index in [0.717, 1.165) is 0 Å². The minimum absolute atomic E-state index is 0.247. The number of methoxy groups -OCH3 is 2. The van der Waals surface area contributed by atoms with Gasteiger partial charge in [0.15, 0.2) is 5.76 Å². The van der Waals surface area contributed by atoms with Gasteiger partial charge in [0.25, 0.3) is 0 Å². The normalized spacial score (nSPS) is 21.7. The molecule has 1 aliphatic rings. The van der Waals surface area contributed by atoms with Gasteiger partial charge in [0.2, 0.25) is 5.79 Å². The molecule has 1 atom stereocenters. The molecule has 0 heterocycles. The van der Waals surface area contributed by atoms with Crippen molar-refractivity contribution in [3.05, 3.63) is 24.0 Å². The highest BCUT2D eigenvalue weighted by molar-refractivity contribution is 5.25. The van der Waals surface area contributed by atoms with E-state index in [1.807, 2.05) is 18.2 Å². The molecule has 0 saturated carbocycles. The van der Waals surface area contributed by atoms with Crippen LogP contribution in [0.25, 0.3) is 0 Å². The predicted molar refractivity (Wildman–Crippen MR) is 65.8 cm³/mol. The van der Waals surface area contributed by atoms with Crippen LogP contribution in [0, 0.1) is 23.7 Å². The van der Waals surface area contributed by atoms with Crippen LogP contribution in [-0.4, -0.2) is 26.6 Å². The van der Waals surface area contributed by atoms with Crippen molar-refractivity contribution in [3.8, 4) is 23.7 Å². The van der Waals surface area contributed by atoms with Crippen LogP contribution in [0.3, 0.4) is 0 Å². The molecule has 0 N–H and O–H groups in total. The fourth-order valence-electron chi connectivity index (χ4n) is 1.50. The van der Waals surface area contributed by atoms with Gasteiger partial charge < -0.3 is 14.2 Å². The zero-order chi connectivity index (χ0) is 12.6. The molecule has 90 valence electrons. The monoisotopic (exact) mass is 232 g/mol. The summed E-state index contributed by atoms with van der Waals surface area (Å²) in [6.07, 6.45) is 6.30. The van der Waals surface area contributed by atoms with E-state index in [-0.39, 0.29) is 6.61 Å². The van der Waals surface area contributed by atoms with E-state index < -0.39 is 5.79 Å². The molecule has 3 heteroatoms. The first-order chi connectivity index (χ1) is 8.29. The Kier molecular flexibility index (Phi) is 5.36. The summed E-state index contributed by atoms with van der Waals surface area (Å²) in [5.41, 5.74) is 0. The molecule has 0 fully saturated rings. The Morgan fingerprint density at radius 1 is 1.35 bits per heavy atom. The first-order valence-corrected chi connectivity index (χ1v) is 5.29. The van der Waals surface area contributed by atoms with Crippen LogP contribution in [-0.2, 0) is 14.2 Å². The van der Waals surface area contributed by atoms with E-state index in [9.17, 15) is 0 Å². The third-order valence-corrected chi connectivity index (χ3v) is 2.35. The maximum Gasteiger partial charge on any atom is 0.231 e. The van der Waals surface area contributed by atoms with Crippen LogP contribution < -0.4 is 0 Å². The molecule has 3 nitrogen and oxygen atoms in total. The van der Waals surface area contributed by atoms with E-state index in [4.69, 9.17) is 14.2 Å². The quantitative estimate of drug-likeness (QED) is 0.547. The van der Waals surface area contributed by atoms with Crippen molar-refractivity contribution >= 4 is 0 Å². The summed E-state index contributed by atoms with van der Waals surface area (Å²) >= 11 is 0. The smallest absolute Gasteiger partial charge is 0.231 e. The Balaban J connectivity index is 2.69. The summed E-state index contributed by atoms with van der Waals surface area (Å²) in [5.74, 6) is 10.6. The van der Waals surface area contributed by atoms with Crippen LogP contribution in [0.15, 0.2) is 24.0 Å². The summed E-state index contributed by atoms with van der Waals surface area (Å²) in [6, 6.07) is 0. The summed E-state index contributed by atoms with van der Waals surface area (Å²) in [6.45, 7) is 1.99. The molecular formula is C14H16O3. The van der Waals surface area contributed by atoms with Crippen molar-refractivity contribution in [1.82, 2.24) is 0 Å². The Labute approximate surface area is 102 Å². The summed E-state index contributed by atoms with van der Waals surface area (Å²) in [4.78, 5) is 0. The Morgan fingerprint density at radius 3 is 2.82 bits per heavy atom. The molecule has 0 spiro atoms. The lowest BCUT2D eigenvalue weighted by Gasteiger charge is -2.33. The van der Waals surface area contributed by atoms with Crippen molar-refractivity contribution < 1.29 is 14.2 Å². The summed E-state index contributed by atoms with van der Waals surface area (Å²) in [5, 5.41) is 0. The van der Waals surface area contributed by atoms with Crippen molar-refractivity contribution in [2.24, 2.45) is 0 Å². The zero-order valence-corrected chi connectivity index (χ0v) is 10.4. The minimum Gasteiger partial charge on any atom is -0.495 e. The molecule has 1 aliphatic carbocycles. The Bertz CT molecular complexity index is 426. The van der Waals surface area contributed by atoms with Crippen LogP contribution >= 0.6 is 0 Å². The number of rotatable bonds is 4. The largest absolute Gasteiger partial charge is 0.495 e. The number of hydrogen-bond donors (Lipinski definition) is 0. The summed E-state index contributed by atoms with van der Waals surface area (Å²) < 4.78 is 16.3. The molecule has 1 unspecified atom stereocenters. The van der Waals surface area contributed by atoms with Gasteiger partial charge in [0.05, 0.1) is 7.11 Å². The predicted octanol–water partition coefficient (Wildman–Crippen LogP) is 1.86. The number of allylic oxidation sites excluding steroid dienone is 2. The van der Waals surface area contributed by atoms with Crippen molar-refractivity contribution in [1.29, 1.82) is 0 Å². The molecule has 0 aliphatic heterocycles. The molecular weight excluding hydrogens is 216 g/mol. The van der Waals surface area contributed by atoms with Gasteiger partial charge in [-0.2, -0.15) is 0 Å². The van der Waals surface area contributed by atoms with E-state index in [0.29, 0.717) is 12.2 Å². The van der Waals surface area contributed by atoms with Gasteiger partial charge in [-0.1, -0.05) is 24.0 Å². The lowest BCUT2D eigenvalue weighted by Crippen LogP contribution is -2.38. The second-order valence-electron chi connectivity index (χ2n) is 3.29. The van der Waals surface area contributed by atoms with E-state index in [2.05, 4.69) is 23.7 Å². The molecule has 0 aromatic carbocycles. The maximum atomic E-state index is 5.66. The Morgan fingerprint density at radius 2 is 2.18 bits per heavy atom. The van der Waals surface area contributed by atoms with Crippen LogP contribution in [0.5, 0.6) is 0 Å². The van der Waals surface area contributed by atoms with Gasteiger partial charge in [-0.3, -0.25) is 0 Å². The zero-order valence-electron chi connectivity index (χ0n) is 10.4. The van der Waals surface area contributed by atoms with Gasteiger partial charge in [-0.15, -0.1) is 0 Å².